The Morgan fingerprint density at radius 1 is 1.00 bits per heavy atom. The van der Waals surface area contributed by atoms with Crippen LogP contribution in [0.4, 0.5) is 0 Å². The van der Waals surface area contributed by atoms with Crippen LogP contribution in [0, 0.1) is 6.92 Å². The molecule has 44 heavy (non-hydrogen) atoms. The molecule has 1 saturated carbocycles. The number of aryl methyl sites for hydroxylation is 1. The molecule has 1 aliphatic rings. The summed E-state index contributed by atoms with van der Waals surface area (Å²) in [6.07, 6.45) is 4.39. The Balaban J connectivity index is 1.43. The van der Waals surface area contributed by atoms with Crippen molar-refractivity contribution in [1.82, 2.24) is 30.4 Å². The summed E-state index contributed by atoms with van der Waals surface area (Å²) in [6, 6.07) is 15.5. The smallest absolute Gasteiger partial charge is 0.250 e. The van der Waals surface area contributed by atoms with Crippen LogP contribution in [0.1, 0.15) is 48.8 Å². The van der Waals surface area contributed by atoms with Crippen LogP contribution in [0.5, 0.6) is 17.2 Å². The number of aromatic nitrogens is 4. The molecule has 1 atom stereocenters. The molecule has 0 radical (unpaired) electrons. The second-order valence-corrected chi connectivity index (χ2v) is 10.7. The van der Waals surface area contributed by atoms with Gasteiger partial charge in [-0.3, -0.25) is 9.59 Å². The fourth-order valence-corrected chi connectivity index (χ4v) is 5.44. The molecule has 1 aliphatic carbocycles. The van der Waals surface area contributed by atoms with Gasteiger partial charge in [0.1, 0.15) is 23.8 Å². The maximum Gasteiger partial charge on any atom is 0.250 e. The van der Waals surface area contributed by atoms with Crippen LogP contribution in [-0.4, -0.2) is 70.8 Å². The Hall–Kier alpha value is -4.87. The molecule has 4 aromatic rings. The van der Waals surface area contributed by atoms with Crippen molar-refractivity contribution < 1.29 is 28.2 Å². The van der Waals surface area contributed by atoms with E-state index in [1.54, 1.807) is 45.6 Å². The zero-order valence-electron chi connectivity index (χ0n) is 25.5. The average molecular weight is 603 g/mol. The van der Waals surface area contributed by atoms with Crippen LogP contribution in [-0.2, 0) is 22.6 Å². The van der Waals surface area contributed by atoms with Gasteiger partial charge < -0.3 is 28.8 Å². The number of carbonyl (C=O) groups is 2. The number of nitrogens with zero attached hydrogens (tertiary/aromatic N) is 5. The first-order chi connectivity index (χ1) is 21.4. The molecule has 0 bridgehead atoms. The minimum Gasteiger partial charge on any atom is -0.497 e. The van der Waals surface area contributed by atoms with Crippen LogP contribution < -0.4 is 19.5 Å². The van der Waals surface area contributed by atoms with Gasteiger partial charge in [0.05, 0.1) is 21.3 Å². The number of methoxy groups -OCH3 is 3. The van der Waals surface area contributed by atoms with Crippen LogP contribution >= 0.6 is 0 Å². The largest absolute Gasteiger partial charge is 0.497 e. The second-order valence-electron chi connectivity index (χ2n) is 10.7. The molecular weight excluding hydrogens is 564 g/mol. The van der Waals surface area contributed by atoms with E-state index in [0.717, 1.165) is 36.8 Å². The van der Waals surface area contributed by atoms with Crippen molar-refractivity contribution in [3.63, 3.8) is 0 Å². The molecule has 12 heteroatoms. The average Bonchev–Trinajstić information content (AvgIpc) is 3.82. The van der Waals surface area contributed by atoms with E-state index in [1.165, 1.54) is 9.70 Å². The topological polar surface area (TPSA) is 134 Å². The monoisotopic (exact) mass is 602 g/mol. The highest BCUT2D eigenvalue weighted by Gasteiger charge is 2.35. The van der Waals surface area contributed by atoms with Crippen molar-refractivity contribution in [2.24, 2.45) is 0 Å². The van der Waals surface area contributed by atoms with Gasteiger partial charge in [0, 0.05) is 18.2 Å². The summed E-state index contributed by atoms with van der Waals surface area (Å²) in [5.41, 5.74) is 1.64. The van der Waals surface area contributed by atoms with E-state index in [-0.39, 0.29) is 30.9 Å². The molecule has 0 aliphatic heterocycles. The van der Waals surface area contributed by atoms with E-state index in [9.17, 15) is 9.59 Å². The second kappa shape index (κ2) is 14.1. The number of nitrogens with one attached hydrogen (secondary N) is 1. The summed E-state index contributed by atoms with van der Waals surface area (Å²) >= 11 is 0. The number of ether oxygens (including phenoxy) is 3. The molecule has 2 aromatic carbocycles. The van der Waals surface area contributed by atoms with Crippen molar-refractivity contribution in [3.05, 3.63) is 71.7 Å². The van der Waals surface area contributed by atoms with E-state index < -0.39 is 6.04 Å². The lowest BCUT2D eigenvalue weighted by molar-refractivity contribution is -0.142. The zero-order valence-corrected chi connectivity index (χ0v) is 25.5. The Kier molecular flexibility index (Phi) is 9.78. The van der Waals surface area contributed by atoms with Crippen molar-refractivity contribution in [2.45, 2.75) is 57.7 Å². The molecule has 5 rings (SSSR count). The number of tetrazole rings is 1. The van der Waals surface area contributed by atoms with Gasteiger partial charge in [-0.05, 0) is 85.5 Å². The number of furan rings is 1. The number of amides is 2. The third kappa shape index (κ3) is 7.19. The van der Waals surface area contributed by atoms with Crippen molar-refractivity contribution in [1.29, 1.82) is 0 Å². The molecule has 1 fully saturated rings. The van der Waals surface area contributed by atoms with Gasteiger partial charge in [-0.15, -0.1) is 10.2 Å². The highest BCUT2D eigenvalue weighted by molar-refractivity contribution is 5.88. The Bertz CT molecular complexity index is 1560. The predicted molar refractivity (Wildman–Crippen MR) is 161 cm³/mol. The van der Waals surface area contributed by atoms with Crippen molar-refractivity contribution in [3.8, 4) is 28.6 Å². The summed E-state index contributed by atoms with van der Waals surface area (Å²) in [7, 11) is 4.75. The number of hydrogen-bond donors (Lipinski definition) is 1. The minimum absolute atomic E-state index is 0.0629. The molecule has 2 amide bonds. The van der Waals surface area contributed by atoms with Gasteiger partial charge in [-0.1, -0.05) is 18.9 Å². The first-order valence-electron chi connectivity index (χ1n) is 14.7. The third-order valence-corrected chi connectivity index (χ3v) is 7.78. The van der Waals surface area contributed by atoms with E-state index in [1.807, 2.05) is 37.3 Å². The Morgan fingerprint density at radius 3 is 2.41 bits per heavy atom. The Morgan fingerprint density at radius 2 is 1.75 bits per heavy atom. The van der Waals surface area contributed by atoms with Gasteiger partial charge in [0.25, 0.3) is 5.91 Å². The van der Waals surface area contributed by atoms with E-state index in [4.69, 9.17) is 18.6 Å². The summed E-state index contributed by atoms with van der Waals surface area (Å²) < 4.78 is 22.0. The third-order valence-electron chi connectivity index (χ3n) is 7.78. The summed E-state index contributed by atoms with van der Waals surface area (Å²) in [4.78, 5) is 30.7. The Labute approximate surface area is 256 Å². The van der Waals surface area contributed by atoms with Crippen LogP contribution in [0.25, 0.3) is 11.4 Å². The number of benzene rings is 2. The van der Waals surface area contributed by atoms with Gasteiger partial charge in [-0.25, -0.2) is 0 Å². The van der Waals surface area contributed by atoms with E-state index in [0.29, 0.717) is 41.0 Å². The summed E-state index contributed by atoms with van der Waals surface area (Å²) in [5.74, 6) is 2.66. The number of hydrogen-bond acceptors (Lipinski definition) is 9. The lowest BCUT2D eigenvalue weighted by Crippen LogP contribution is -2.47. The molecule has 0 unspecified atom stereocenters. The first-order valence-corrected chi connectivity index (χ1v) is 14.7. The minimum atomic E-state index is -0.985. The number of rotatable bonds is 13. The van der Waals surface area contributed by atoms with Crippen LogP contribution in [0.2, 0.25) is 0 Å². The SMILES string of the molecule is COc1ccc(-c2nnn(CC(=O)N(CCc3ccc(OC)c(OC)c3)[C@@H](C(=O)NC3CCCC3)c3ccc(C)o3)n2)cc1. The molecule has 232 valence electrons. The van der Waals surface area contributed by atoms with Gasteiger partial charge in [0.15, 0.2) is 17.5 Å². The predicted octanol–water partition coefficient (Wildman–Crippen LogP) is 4.14. The van der Waals surface area contributed by atoms with Crippen LogP contribution in [0.15, 0.2) is 59.0 Å². The fourth-order valence-electron chi connectivity index (χ4n) is 5.44. The standard InChI is InChI=1S/C32H38N6O6/c1-21-9-15-27(44-21)30(32(40)33-24-7-5-6-8-24)37(18-17-22-10-16-26(42-3)28(19-22)43-4)29(39)20-38-35-31(34-36-38)23-11-13-25(41-2)14-12-23/h9-16,19,24,30H,5-8,17-18,20H2,1-4H3,(H,33,40)/t30-/m1/s1. The van der Waals surface area contributed by atoms with E-state index >= 15 is 0 Å². The summed E-state index contributed by atoms with van der Waals surface area (Å²) in [6.45, 7) is 1.81. The maximum absolute atomic E-state index is 14.1. The quantitative estimate of drug-likeness (QED) is 0.240. The molecule has 0 saturated heterocycles. The number of carbonyl (C=O) groups excluding carboxylic acids is 2. The molecule has 2 heterocycles. The first kappa shape index (κ1) is 30.6. The molecule has 0 spiro atoms. The normalized spacial score (nSPS) is 13.8. The summed E-state index contributed by atoms with van der Waals surface area (Å²) in [5, 5.41) is 15.9. The molecule has 1 N–H and O–H groups in total. The van der Waals surface area contributed by atoms with Gasteiger partial charge in [-0.2, -0.15) is 4.80 Å². The molecular formula is C32H38N6O6. The highest BCUT2D eigenvalue weighted by Crippen LogP contribution is 2.30. The van der Waals surface area contributed by atoms with Gasteiger partial charge in [0.2, 0.25) is 11.7 Å². The lowest BCUT2D eigenvalue weighted by Gasteiger charge is -2.30. The molecule has 2 aromatic heterocycles. The highest BCUT2D eigenvalue weighted by atomic mass is 16.5. The van der Waals surface area contributed by atoms with Crippen LogP contribution in [0.3, 0.4) is 0 Å². The fraction of sp³-hybridized carbons (Fsp3) is 0.406. The van der Waals surface area contributed by atoms with Gasteiger partial charge >= 0.3 is 0 Å². The van der Waals surface area contributed by atoms with Crippen molar-refractivity contribution >= 4 is 11.8 Å². The maximum atomic E-state index is 14.1. The zero-order chi connectivity index (χ0) is 31.1. The van der Waals surface area contributed by atoms with Crippen molar-refractivity contribution in [2.75, 3.05) is 27.9 Å². The molecule has 12 nitrogen and oxygen atoms in total. The van der Waals surface area contributed by atoms with E-state index in [2.05, 4.69) is 20.7 Å². The lowest BCUT2D eigenvalue weighted by atomic mass is 10.1.